The van der Waals surface area contributed by atoms with Gasteiger partial charge in [-0.1, -0.05) is 108 Å². The number of hydrogen-bond acceptors (Lipinski definition) is 2. The Morgan fingerprint density at radius 3 is 1.39 bits per heavy atom. The van der Waals surface area contributed by atoms with Crippen molar-refractivity contribution in [2.45, 2.75) is 0 Å². The minimum Gasteiger partial charge on any atom is -0.397 e. The topological polar surface area (TPSA) is 24.7 Å². The Kier molecular flexibility index (Phi) is 4.82. The molecule has 0 fully saturated rings. The molecule has 2 aliphatic carbocycles. The molecule has 0 saturated carbocycles. The van der Waals surface area contributed by atoms with Crippen LogP contribution in [-0.4, -0.2) is 12.4 Å². The largest absolute Gasteiger partial charge is 2.00 e. The average molecular weight is 496 g/mol. The molecule has 4 aliphatic rings. The van der Waals surface area contributed by atoms with Crippen LogP contribution in [0.1, 0.15) is 11.1 Å². The minimum absolute atomic E-state index is 0. The van der Waals surface area contributed by atoms with E-state index in [0.29, 0.717) is 0 Å². The molecule has 2 aliphatic heterocycles. The zero-order chi connectivity index (χ0) is 21.1. The maximum atomic E-state index is 4.32. The first-order valence-electron chi connectivity index (χ1n) is 10.7. The molecule has 2 nitrogen and oxygen atoms in total. The van der Waals surface area contributed by atoms with Gasteiger partial charge in [0.2, 0.25) is 0 Å². The molecule has 0 aromatic heterocycles. The second-order valence-corrected chi connectivity index (χ2v) is 8.16. The van der Waals surface area contributed by atoms with Crippen LogP contribution in [0.5, 0.6) is 0 Å². The molecule has 2 heterocycles. The van der Waals surface area contributed by atoms with Gasteiger partial charge in [0.05, 0.1) is 0 Å². The van der Waals surface area contributed by atoms with Gasteiger partial charge in [0.25, 0.3) is 0 Å². The van der Waals surface area contributed by atoms with Crippen LogP contribution in [0.2, 0.25) is 0 Å². The second-order valence-electron chi connectivity index (χ2n) is 8.16. The Labute approximate surface area is 209 Å². The van der Waals surface area contributed by atoms with Gasteiger partial charge in [-0.05, 0) is 31.3 Å². The molecule has 0 atom stereocenters. The maximum absolute atomic E-state index is 4.32. The van der Waals surface area contributed by atoms with Crippen LogP contribution in [-0.2, 0) is 26.2 Å². The minimum atomic E-state index is 0. The Morgan fingerprint density at radius 1 is 0.455 bits per heavy atom. The molecule has 0 radical (unpaired) electrons. The van der Waals surface area contributed by atoms with E-state index in [9.17, 15) is 0 Å². The Bertz CT molecular complexity index is 1840. The summed E-state index contributed by atoms with van der Waals surface area (Å²) in [6.45, 7) is 0. The van der Waals surface area contributed by atoms with Crippen molar-refractivity contribution in [3.8, 4) is 0 Å². The first-order valence-corrected chi connectivity index (χ1v) is 10.7. The third kappa shape index (κ3) is 3.11. The second kappa shape index (κ2) is 7.87. The van der Waals surface area contributed by atoms with Crippen LogP contribution in [0.4, 0.5) is 11.4 Å². The van der Waals surface area contributed by atoms with Crippen molar-refractivity contribution < 1.29 is 26.2 Å². The number of fused-ring (bicyclic) bond motifs is 8. The fourth-order valence-electron chi connectivity index (χ4n) is 4.87. The molecule has 0 N–H and O–H groups in total. The first kappa shape index (κ1) is 20.2. The van der Waals surface area contributed by atoms with Crippen LogP contribution in [0.25, 0.3) is 24.3 Å². The molecular weight excluding hydrogens is 480 g/mol. The van der Waals surface area contributed by atoms with E-state index in [1.807, 2.05) is 12.2 Å². The van der Waals surface area contributed by atoms with Crippen molar-refractivity contribution in [1.82, 2.24) is 0 Å². The van der Waals surface area contributed by atoms with E-state index in [1.54, 1.807) is 0 Å². The summed E-state index contributed by atoms with van der Waals surface area (Å²) in [6.07, 6.45) is 14.2. The summed E-state index contributed by atoms with van der Waals surface area (Å²) in [4.78, 5) is 8.63. The number of aliphatic imine (C=N–C) groups is 2. The predicted octanol–water partition coefficient (Wildman–Crippen LogP) is 2.98. The number of benzene rings is 4. The molecule has 3 heteroatoms. The fraction of sp³-hybridized carbons (Fsp3) is 0. The summed E-state index contributed by atoms with van der Waals surface area (Å²) in [7, 11) is 0. The van der Waals surface area contributed by atoms with Crippen LogP contribution in [0.15, 0.2) is 82.8 Å². The molecule has 150 valence electrons. The van der Waals surface area contributed by atoms with Crippen LogP contribution >= 0.6 is 0 Å². The molecule has 0 amide bonds. The van der Waals surface area contributed by atoms with Gasteiger partial charge in [0.15, 0.2) is 0 Å². The van der Waals surface area contributed by atoms with Crippen LogP contribution in [0.3, 0.4) is 0 Å². The zero-order valence-corrected chi connectivity index (χ0v) is 20.1. The zero-order valence-electron chi connectivity index (χ0n) is 17.6. The van der Waals surface area contributed by atoms with E-state index in [0.717, 1.165) is 11.4 Å². The fourth-order valence-corrected chi connectivity index (χ4v) is 4.87. The van der Waals surface area contributed by atoms with E-state index in [2.05, 4.69) is 107 Å². The summed E-state index contributed by atoms with van der Waals surface area (Å²) >= 11 is 0. The van der Waals surface area contributed by atoms with E-state index in [-0.39, 0.29) is 26.2 Å². The molecule has 8 rings (SSSR count). The van der Waals surface area contributed by atoms with Gasteiger partial charge < -0.3 is 9.98 Å². The summed E-state index contributed by atoms with van der Waals surface area (Å²) in [5.41, 5.74) is 4.60. The van der Waals surface area contributed by atoms with Crippen molar-refractivity contribution >= 4 is 48.1 Å². The molecule has 0 saturated heterocycles. The normalized spacial score (nSPS) is 13.3. The average Bonchev–Trinajstić information content (AvgIpc) is 3.62. The molecule has 33 heavy (non-hydrogen) atoms. The van der Waals surface area contributed by atoms with Crippen LogP contribution in [0, 0.1) is 20.9 Å². The maximum Gasteiger partial charge on any atom is 2.00 e. The molecule has 0 bridgehead atoms. The van der Waals surface area contributed by atoms with Gasteiger partial charge in [-0.3, -0.25) is 0 Å². The van der Waals surface area contributed by atoms with Gasteiger partial charge in [0.1, 0.15) is 0 Å². The number of rotatable bonds is 0. The Hall–Kier alpha value is -3.42. The summed E-state index contributed by atoms with van der Waals surface area (Å²) < 4.78 is 0. The quantitative estimate of drug-likeness (QED) is 0.290. The monoisotopic (exact) mass is 494 g/mol. The third-order valence-electron chi connectivity index (χ3n) is 6.39. The molecule has 0 spiro atoms. The van der Waals surface area contributed by atoms with Gasteiger partial charge >= 0.3 is 26.2 Å². The molecule has 4 aromatic rings. The van der Waals surface area contributed by atoms with Crippen molar-refractivity contribution in [3.05, 3.63) is 126 Å². The van der Waals surface area contributed by atoms with E-state index < -0.39 is 0 Å². The number of hydrogen-bond donors (Lipinski definition) is 0. The van der Waals surface area contributed by atoms with Crippen molar-refractivity contribution in [2.75, 3.05) is 0 Å². The third-order valence-corrected chi connectivity index (χ3v) is 6.39. The van der Waals surface area contributed by atoms with E-state index in [1.165, 1.54) is 52.9 Å². The van der Waals surface area contributed by atoms with Gasteiger partial charge in [-0.25, -0.2) is 0 Å². The summed E-state index contributed by atoms with van der Waals surface area (Å²) in [6, 6.07) is 25.5. The molecule has 0 unspecified atom stereocenters. The van der Waals surface area contributed by atoms with E-state index in [4.69, 9.17) is 0 Å². The Morgan fingerprint density at radius 2 is 0.909 bits per heavy atom. The SMILES string of the molecule is [C-]1=Nc2c3c(ccc2=C1)=c1ccccc1=C3.[C-]1=Nc2c3c(ccc2=C1)=c1ccccc1=C3.[Zr+2]. The summed E-state index contributed by atoms with van der Waals surface area (Å²) in [5.74, 6) is 0. The summed E-state index contributed by atoms with van der Waals surface area (Å²) in [5, 5.41) is 10.1. The van der Waals surface area contributed by atoms with Crippen molar-refractivity contribution in [3.63, 3.8) is 0 Å². The standard InChI is InChI=1S/2C15H8N.Zr/c2*1-2-4-12-11(3-1)9-14-13(12)6-5-10-7-8-16-15(10)14;/h2*1-7,9H;/q2*-1;+2. The molecule has 4 aromatic carbocycles. The van der Waals surface area contributed by atoms with Crippen molar-refractivity contribution in [2.24, 2.45) is 9.98 Å². The van der Waals surface area contributed by atoms with E-state index >= 15 is 0 Å². The predicted molar refractivity (Wildman–Crippen MR) is 130 cm³/mol. The first-order chi connectivity index (χ1) is 15.9. The van der Waals surface area contributed by atoms with Gasteiger partial charge in [-0.2, -0.15) is 22.6 Å². The van der Waals surface area contributed by atoms with Crippen LogP contribution < -0.4 is 20.9 Å². The smallest absolute Gasteiger partial charge is 0.397 e. The van der Waals surface area contributed by atoms with Gasteiger partial charge in [-0.15, -0.1) is 12.1 Å². The Balaban J connectivity index is 0.000000121. The van der Waals surface area contributed by atoms with Crippen molar-refractivity contribution in [1.29, 1.82) is 0 Å². The number of nitrogens with zero attached hydrogens (tertiary/aromatic N) is 2. The van der Waals surface area contributed by atoms with Gasteiger partial charge in [0, 0.05) is 0 Å². The molecular formula is C30H16N2Zr.